The van der Waals surface area contributed by atoms with Crippen LogP contribution in [0.1, 0.15) is 26.3 Å². The molecule has 1 heterocycles. The summed E-state index contributed by atoms with van der Waals surface area (Å²) in [4.78, 5) is 25.7. The summed E-state index contributed by atoms with van der Waals surface area (Å²) in [5, 5.41) is 0. The molecule has 31 heavy (non-hydrogen) atoms. The lowest BCUT2D eigenvalue weighted by Crippen LogP contribution is -2.33. The van der Waals surface area contributed by atoms with Crippen molar-refractivity contribution in [1.29, 1.82) is 0 Å². The summed E-state index contributed by atoms with van der Waals surface area (Å²) in [5.74, 6) is 1.43. The largest absolute Gasteiger partial charge is 0.378 e. The number of amides is 2. The van der Waals surface area contributed by atoms with Gasteiger partial charge in [0, 0.05) is 11.5 Å². The molecular weight excluding hydrogens is 434 g/mol. The van der Waals surface area contributed by atoms with E-state index in [9.17, 15) is 9.59 Å². The fraction of sp³-hybridized carbons (Fsp3) is 0.391. The van der Waals surface area contributed by atoms with Gasteiger partial charge in [0.2, 0.25) is 0 Å². The molecule has 0 bridgehead atoms. The van der Waals surface area contributed by atoms with Crippen molar-refractivity contribution in [2.24, 2.45) is 0 Å². The number of hydrogen-bond acceptors (Lipinski definition) is 7. The van der Waals surface area contributed by atoms with E-state index in [4.69, 9.17) is 14.2 Å². The van der Waals surface area contributed by atoms with Crippen LogP contribution < -0.4 is 0 Å². The van der Waals surface area contributed by atoms with Gasteiger partial charge in [0.1, 0.15) is 0 Å². The fourth-order valence-corrected chi connectivity index (χ4v) is 4.91. The van der Waals surface area contributed by atoms with E-state index in [1.165, 1.54) is 10.5 Å². The van der Waals surface area contributed by atoms with Crippen LogP contribution in [0.4, 0.5) is 0 Å². The monoisotopic (exact) mass is 461 g/mol. The summed E-state index contributed by atoms with van der Waals surface area (Å²) in [7, 11) is 3.65. The number of carbonyl (C=O) groups is 2. The first-order valence-corrected chi connectivity index (χ1v) is 12.7. The van der Waals surface area contributed by atoms with Gasteiger partial charge in [-0.2, -0.15) is 0 Å². The molecule has 0 fully saturated rings. The molecule has 8 heteroatoms. The van der Waals surface area contributed by atoms with Gasteiger partial charge >= 0.3 is 0 Å². The Morgan fingerprint density at radius 3 is 1.84 bits per heavy atom. The van der Waals surface area contributed by atoms with Crippen molar-refractivity contribution in [1.82, 2.24) is 4.90 Å². The number of ether oxygens (including phenoxy) is 3. The van der Waals surface area contributed by atoms with Crippen LogP contribution in [0.15, 0.2) is 54.6 Å². The number of nitrogens with zero attached hydrogens (tertiary/aromatic N) is 1. The molecule has 0 N–H and O–H groups in total. The molecule has 1 aliphatic heterocycles. The normalized spacial score (nSPS) is 13.1. The average molecular weight is 462 g/mol. The standard InChI is InChI=1S/C23H27NO5S2/c25-22-20-8-4-5-9-21(20)23(26)24(22)10-11-27-12-13-28-14-15-29-16-17-30-31-18-19-6-2-1-3-7-19/h1-9H,10-18H2. The summed E-state index contributed by atoms with van der Waals surface area (Å²) >= 11 is 0. The van der Waals surface area contributed by atoms with Gasteiger partial charge in [-0.3, -0.25) is 14.5 Å². The number of imide groups is 1. The van der Waals surface area contributed by atoms with Gasteiger partial charge in [-0.05, 0) is 17.7 Å². The summed E-state index contributed by atoms with van der Waals surface area (Å²) in [6.45, 7) is 3.18. The maximum absolute atomic E-state index is 12.2. The minimum atomic E-state index is -0.255. The Bertz CT molecular complexity index is 799. The van der Waals surface area contributed by atoms with Crippen molar-refractivity contribution in [2.75, 3.05) is 51.9 Å². The first kappa shape index (κ1) is 23.8. The quantitative estimate of drug-likeness (QED) is 0.226. The van der Waals surface area contributed by atoms with Gasteiger partial charge in [0.15, 0.2) is 0 Å². The third-order valence-corrected chi connectivity index (χ3v) is 6.85. The zero-order valence-electron chi connectivity index (χ0n) is 17.4. The number of benzene rings is 2. The molecule has 0 saturated carbocycles. The predicted octanol–water partition coefficient (Wildman–Crippen LogP) is 3.91. The van der Waals surface area contributed by atoms with E-state index >= 15 is 0 Å². The highest BCUT2D eigenvalue weighted by Crippen LogP contribution is 2.25. The highest BCUT2D eigenvalue weighted by atomic mass is 33.1. The van der Waals surface area contributed by atoms with Crippen LogP contribution in [0.2, 0.25) is 0 Å². The lowest BCUT2D eigenvalue weighted by atomic mass is 10.1. The van der Waals surface area contributed by atoms with E-state index in [0.717, 1.165) is 11.5 Å². The van der Waals surface area contributed by atoms with Crippen LogP contribution in [0, 0.1) is 0 Å². The van der Waals surface area contributed by atoms with Crippen molar-refractivity contribution < 1.29 is 23.8 Å². The zero-order chi connectivity index (χ0) is 21.7. The van der Waals surface area contributed by atoms with Crippen molar-refractivity contribution in [3.63, 3.8) is 0 Å². The van der Waals surface area contributed by atoms with Crippen LogP contribution in [-0.2, 0) is 20.0 Å². The van der Waals surface area contributed by atoms with E-state index in [2.05, 4.69) is 24.3 Å². The van der Waals surface area contributed by atoms with E-state index in [-0.39, 0.29) is 18.4 Å². The Hall–Kier alpha value is -1.84. The lowest BCUT2D eigenvalue weighted by molar-refractivity contribution is 0.0136. The molecule has 2 aromatic rings. The Kier molecular flexibility index (Phi) is 10.4. The molecule has 0 saturated heterocycles. The lowest BCUT2D eigenvalue weighted by Gasteiger charge is -2.13. The Labute approximate surface area is 191 Å². The zero-order valence-corrected chi connectivity index (χ0v) is 19.0. The minimum absolute atomic E-state index is 0.245. The summed E-state index contributed by atoms with van der Waals surface area (Å²) in [6.07, 6.45) is 0. The molecule has 3 rings (SSSR count). The topological polar surface area (TPSA) is 65.1 Å². The van der Waals surface area contributed by atoms with Crippen molar-refractivity contribution >= 4 is 33.4 Å². The molecular formula is C23H27NO5S2. The summed E-state index contributed by atoms with van der Waals surface area (Å²) < 4.78 is 16.5. The summed E-state index contributed by atoms with van der Waals surface area (Å²) in [5.41, 5.74) is 2.26. The van der Waals surface area contributed by atoms with Crippen LogP contribution in [0.3, 0.4) is 0 Å². The van der Waals surface area contributed by atoms with Crippen molar-refractivity contribution in [3.05, 3.63) is 71.3 Å². The molecule has 2 aromatic carbocycles. The van der Waals surface area contributed by atoms with Crippen LogP contribution in [-0.4, -0.2) is 68.7 Å². The van der Waals surface area contributed by atoms with Gasteiger partial charge in [0.05, 0.1) is 57.3 Å². The second-order valence-electron chi connectivity index (χ2n) is 6.71. The van der Waals surface area contributed by atoms with Crippen LogP contribution >= 0.6 is 21.6 Å². The Morgan fingerprint density at radius 1 is 0.645 bits per heavy atom. The molecule has 6 nitrogen and oxygen atoms in total. The van der Waals surface area contributed by atoms with E-state index in [1.807, 2.05) is 27.7 Å². The Morgan fingerprint density at radius 2 is 1.19 bits per heavy atom. The molecule has 0 aliphatic carbocycles. The third-order valence-electron chi connectivity index (χ3n) is 4.54. The molecule has 0 spiro atoms. The molecule has 2 amide bonds. The second-order valence-corrected chi connectivity index (χ2v) is 9.30. The molecule has 0 unspecified atom stereocenters. The number of hydrogen-bond donors (Lipinski definition) is 0. The van der Waals surface area contributed by atoms with Crippen molar-refractivity contribution in [3.8, 4) is 0 Å². The average Bonchev–Trinajstić information content (AvgIpc) is 3.05. The summed E-state index contributed by atoms with van der Waals surface area (Å²) in [6, 6.07) is 17.3. The van der Waals surface area contributed by atoms with Gasteiger partial charge in [-0.15, -0.1) is 0 Å². The number of fused-ring (bicyclic) bond motifs is 1. The minimum Gasteiger partial charge on any atom is -0.378 e. The molecule has 0 aromatic heterocycles. The highest BCUT2D eigenvalue weighted by Gasteiger charge is 2.34. The molecule has 1 aliphatic rings. The van der Waals surface area contributed by atoms with Gasteiger partial charge < -0.3 is 14.2 Å². The van der Waals surface area contributed by atoms with E-state index in [0.29, 0.717) is 50.8 Å². The van der Waals surface area contributed by atoms with Crippen LogP contribution in [0.25, 0.3) is 0 Å². The first-order chi connectivity index (χ1) is 15.3. The number of rotatable bonds is 15. The first-order valence-electron chi connectivity index (χ1n) is 10.2. The van der Waals surface area contributed by atoms with E-state index < -0.39 is 0 Å². The van der Waals surface area contributed by atoms with Crippen LogP contribution in [0.5, 0.6) is 0 Å². The molecule has 166 valence electrons. The fourth-order valence-electron chi connectivity index (χ4n) is 2.98. The Balaban J connectivity index is 1.11. The smallest absolute Gasteiger partial charge is 0.261 e. The van der Waals surface area contributed by atoms with Gasteiger partial charge in [0.25, 0.3) is 11.8 Å². The molecule has 0 atom stereocenters. The predicted molar refractivity (Wildman–Crippen MR) is 124 cm³/mol. The molecule has 0 radical (unpaired) electrons. The van der Waals surface area contributed by atoms with Crippen molar-refractivity contribution in [2.45, 2.75) is 5.75 Å². The number of carbonyl (C=O) groups excluding carboxylic acids is 2. The SMILES string of the molecule is O=C1c2ccccc2C(=O)N1CCOCCOCCOCCSSCc1ccccc1. The van der Waals surface area contributed by atoms with E-state index in [1.54, 1.807) is 24.3 Å². The third kappa shape index (κ3) is 7.66. The second kappa shape index (κ2) is 13.5. The van der Waals surface area contributed by atoms with Gasteiger partial charge in [-0.25, -0.2) is 0 Å². The maximum atomic E-state index is 12.2. The highest BCUT2D eigenvalue weighted by molar-refractivity contribution is 8.76. The van der Waals surface area contributed by atoms with Gasteiger partial charge in [-0.1, -0.05) is 64.1 Å². The maximum Gasteiger partial charge on any atom is 0.261 e.